The van der Waals surface area contributed by atoms with E-state index < -0.39 is 0 Å². The molecular weight excluding hydrogens is 394 g/mol. The number of aryl methyl sites for hydroxylation is 1. The van der Waals surface area contributed by atoms with Gasteiger partial charge in [-0.25, -0.2) is 5.43 Å². The van der Waals surface area contributed by atoms with E-state index in [1.54, 1.807) is 6.21 Å². The molecule has 1 N–H and O–H groups in total. The highest BCUT2D eigenvalue weighted by Crippen LogP contribution is 2.45. The van der Waals surface area contributed by atoms with Crippen LogP contribution in [0, 0.1) is 6.92 Å². The van der Waals surface area contributed by atoms with E-state index in [0.29, 0.717) is 17.5 Å². The van der Waals surface area contributed by atoms with Crippen molar-refractivity contribution in [1.82, 2.24) is 5.43 Å². The molecule has 0 saturated carbocycles. The molecule has 4 nitrogen and oxygen atoms in total. The predicted molar refractivity (Wildman–Crippen MR) is 135 cm³/mol. The lowest BCUT2D eigenvalue weighted by atomic mass is 9.78. The van der Waals surface area contributed by atoms with Gasteiger partial charge in [-0.1, -0.05) is 43.3 Å². The number of anilines is 1. The number of hydrogen-bond donors (Lipinski definition) is 1. The summed E-state index contributed by atoms with van der Waals surface area (Å²) >= 11 is 0. The average Bonchev–Trinajstić information content (AvgIpc) is 2.73. The van der Waals surface area contributed by atoms with Crippen molar-refractivity contribution in [3.8, 4) is 0 Å². The normalized spacial score (nSPS) is 17.7. The molecule has 0 aromatic heterocycles. The second-order valence-electron chi connectivity index (χ2n) is 9.87. The fourth-order valence-corrected chi connectivity index (χ4v) is 5.37. The van der Waals surface area contributed by atoms with E-state index >= 15 is 0 Å². The molecule has 0 saturated heterocycles. The first-order valence-electron chi connectivity index (χ1n) is 11.4. The van der Waals surface area contributed by atoms with Gasteiger partial charge in [-0.2, -0.15) is 5.10 Å². The molecule has 0 fully saturated rings. The second kappa shape index (κ2) is 8.42. The van der Waals surface area contributed by atoms with Crippen LogP contribution in [0.1, 0.15) is 74.0 Å². The number of hydrazone groups is 1. The highest BCUT2D eigenvalue weighted by molar-refractivity contribution is 6.07. The zero-order valence-corrected chi connectivity index (χ0v) is 19.9. The Hall–Kier alpha value is -3.14. The average molecular weight is 428 g/mol. The maximum atomic E-state index is 12.8. The number of nitrogens with one attached hydrogen (secondary N) is 1. The Morgan fingerprint density at radius 1 is 1.16 bits per heavy atom. The summed E-state index contributed by atoms with van der Waals surface area (Å²) in [6.45, 7) is 13.6. The SMILES string of the molecule is Cc1cc2c(cc1/C=N/NC(=O)c1cccc3ccccc13)C(C)CC(C)(C)N2C(C)C. The molecule has 4 rings (SSSR count). The van der Waals surface area contributed by atoms with Crippen LogP contribution in [0.5, 0.6) is 0 Å². The molecule has 1 aliphatic rings. The number of fused-ring (bicyclic) bond motifs is 2. The van der Waals surface area contributed by atoms with Crippen molar-refractivity contribution < 1.29 is 4.79 Å². The molecule has 1 unspecified atom stereocenters. The van der Waals surface area contributed by atoms with E-state index in [-0.39, 0.29) is 11.4 Å². The molecule has 0 aliphatic carbocycles. The standard InChI is InChI=1S/C28H33N3O/c1-18(2)31-26-14-19(3)22(15-25(26)20(4)16-28(31,5)6)17-29-30-27(32)24-13-9-11-21-10-7-8-12-23(21)24/h7-15,17-18,20H,16H2,1-6H3,(H,30,32)/b29-17+. The van der Waals surface area contributed by atoms with Crippen molar-refractivity contribution in [2.45, 2.75) is 65.5 Å². The minimum absolute atomic E-state index is 0.120. The summed E-state index contributed by atoms with van der Waals surface area (Å²) in [5.74, 6) is 0.266. The number of hydrogen-bond acceptors (Lipinski definition) is 3. The largest absolute Gasteiger partial charge is 0.364 e. The third kappa shape index (κ3) is 4.02. The maximum Gasteiger partial charge on any atom is 0.271 e. The van der Waals surface area contributed by atoms with Crippen LogP contribution in [0.15, 0.2) is 59.7 Å². The molecule has 1 heterocycles. The fourth-order valence-electron chi connectivity index (χ4n) is 5.37. The zero-order valence-electron chi connectivity index (χ0n) is 19.9. The van der Waals surface area contributed by atoms with E-state index in [9.17, 15) is 4.79 Å². The summed E-state index contributed by atoms with van der Waals surface area (Å²) in [6.07, 6.45) is 2.88. The van der Waals surface area contributed by atoms with Crippen LogP contribution in [0.4, 0.5) is 5.69 Å². The summed E-state index contributed by atoms with van der Waals surface area (Å²) in [5, 5.41) is 6.28. The molecule has 32 heavy (non-hydrogen) atoms. The van der Waals surface area contributed by atoms with Gasteiger partial charge in [-0.15, -0.1) is 0 Å². The summed E-state index contributed by atoms with van der Waals surface area (Å²) in [6, 6.07) is 18.6. The van der Waals surface area contributed by atoms with Crippen LogP contribution in [0.2, 0.25) is 0 Å². The molecule has 1 amide bonds. The van der Waals surface area contributed by atoms with Gasteiger partial charge in [0.2, 0.25) is 0 Å². The van der Waals surface area contributed by atoms with E-state index in [0.717, 1.165) is 28.3 Å². The Morgan fingerprint density at radius 2 is 1.88 bits per heavy atom. The van der Waals surface area contributed by atoms with Crippen LogP contribution < -0.4 is 10.3 Å². The van der Waals surface area contributed by atoms with Gasteiger partial charge in [0, 0.05) is 22.8 Å². The Kier molecular flexibility index (Phi) is 5.81. The van der Waals surface area contributed by atoms with E-state index in [4.69, 9.17) is 0 Å². The monoisotopic (exact) mass is 427 g/mol. The van der Waals surface area contributed by atoms with Crippen LogP contribution in [-0.2, 0) is 0 Å². The predicted octanol–water partition coefficient (Wildman–Crippen LogP) is 6.41. The lowest BCUT2D eigenvalue weighted by Crippen LogP contribution is -2.51. The quantitative estimate of drug-likeness (QED) is 0.386. The first kappa shape index (κ1) is 22.1. The van der Waals surface area contributed by atoms with Crippen molar-refractivity contribution in [2.24, 2.45) is 5.10 Å². The lowest BCUT2D eigenvalue weighted by Gasteiger charge is -2.50. The summed E-state index contributed by atoms with van der Waals surface area (Å²) in [7, 11) is 0. The number of carbonyl (C=O) groups excluding carboxylic acids is 1. The van der Waals surface area contributed by atoms with Crippen molar-refractivity contribution in [2.75, 3.05) is 4.90 Å². The highest BCUT2D eigenvalue weighted by atomic mass is 16.2. The highest BCUT2D eigenvalue weighted by Gasteiger charge is 2.37. The molecule has 0 radical (unpaired) electrons. The van der Waals surface area contributed by atoms with Crippen molar-refractivity contribution in [1.29, 1.82) is 0 Å². The minimum atomic E-state index is -0.199. The molecule has 4 heteroatoms. The Morgan fingerprint density at radius 3 is 2.62 bits per heavy atom. The van der Waals surface area contributed by atoms with Gasteiger partial charge in [-0.3, -0.25) is 4.79 Å². The van der Waals surface area contributed by atoms with Crippen LogP contribution in [0.3, 0.4) is 0 Å². The maximum absolute atomic E-state index is 12.8. The summed E-state index contributed by atoms with van der Waals surface area (Å²) in [4.78, 5) is 15.3. The third-order valence-electron chi connectivity index (χ3n) is 6.58. The molecule has 3 aromatic carbocycles. The molecule has 166 valence electrons. The van der Waals surface area contributed by atoms with Gasteiger partial charge in [-0.05, 0) is 92.6 Å². The van der Waals surface area contributed by atoms with Crippen molar-refractivity contribution in [3.05, 3.63) is 76.9 Å². The van der Waals surface area contributed by atoms with E-state index in [1.807, 2.05) is 42.5 Å². The van der Waals surface area contributed by atoms with Gasteiger partial charge < -0.3 is 4.90 Å². The van der Waals surface area contributed by atoms with E-state index in [1.165, 1.54) is 11.3 Å². The minimum Gasteiger partial charge on any atom is -0.364 e. The van der Waals surface area contributed by atoms with Crippen molar-refractivity contribution in [3.63, 3.8) is 0 Å². The fraction of sp³-hybridized carbons (Fsp3) is 0.357. The van der Waals surface area contributed by atoms with Crippen LogP contribution in [-0.4, -0.2) is 23.7 Å². The molecular formula is C28H33N3O. The van der Waals surface area contributed by atoms with Crippen molar-refractivity contribution >= 4 is 28.6 Å². The smallest absolute Gasteiger partial charge is 0.271 e. The second-order valence-corrected chi connectivity index (χ2v) is 9.87. The Labute approximate surface area is 191 Å². The summed E-state index contributed by atoms with van der Waals surface area (Å²) < 4.78 is 0. The van der Waals surface area contributed by atoms with Gasteiger partial charge in [0.15, 0.2) is 0 Å². The molecule has 0 bridgehead atoms. The van der Waals surface area contributed by atoms with Gasteiger partial charge in [0.05, 0.1) is 6.21 Å². The van der Waals surface area contributed by atoms with Gasteiger partial charge >= 0.3 is 0 Å². The number of nitrogens with zero attached hydrogens (tertiary/aromatic N) is 2. The molecule has 1 aliphatic heterocycles. The first-order chi connectivity index (χ1) is 15.2. The Bertz CT molecular complexity index is 1190. The summed E-state index contributed by atoms with van der Waals surface area (Å²) in [5.41, 5.74) is 8.33. The number of carbonyl (C=O) groups is 1. The molecule has 3 aromatic rings. The Balaban J connectivity index is 1.60. The number of benzene rings is 3. The van der Waals surface area contributed by atoms with E-state index in [2.05, 4.69) is 69.1 Å². The topological polar surface area (TPSA) is 44.7 Å². The lowest BCUT2D eigenvalue weighted by molar-refractivity contribution is 0.0957. The molecule has 1 atom stereocenters. The molecule has 0 spiro atoms. The third-order valence-corrected chi connectivity index (χ3v) is 6.58. The van der Waals surface area contributed by atoms with Crippen LogP contribution in [0.25, 0.3) is 10.8 Å². The van der Waals surface area contributed by atoms with Gasteiger partial charge in [0.25, 0.3) is 5.91 Å². The number of rotatable bonds is 4. The zero-order chi connectivity index (χ0) is 23.0. The van der Waals surface area contributed by atoms with Gasteiger partial charge in [0.1, 0.15) is 0 Å². The number of amides is 1. The first-order valence-corrected chi connectivity index (χ1v) is 11.4. The van der Waals surface area contributed by atoms with Crippen LogP contribution >= 0.6 is 0 Å².